The van der Waals surface area contributed by atoms with Gasteiger partial charge in [-0.2, -0.15) is 0 Å². The van der Waals surface area contributed by atoms with Crippen LogP contribution in [-0.2, 0) is 14.2 Å². The van der Waals surface area contributed by atoms with Crippen molar-refractivity contribution in [3.8, 4) is 0 Å². The van der Waals surface area contributed by atoms with Gasteiger partial charge >= 0.3 is 0 Å². The quantitative estimate of drug-likeness (QED) is 0.306. The van der Waals surface area contributed by atoms with Crippen molar-refractivity contribution in [3.05, 3.63) is 0 Å². The van der Waals surface area contributed by atoms with E-state index in [2.05, 4.69) is 15.6 Å². The van der Waals surface area contributed by atoms with E-state index in [9.17, 15) is 0 Å². The molecule has 0 amide bonds. The van der Waals surface area contributed by atoms with Crippen LogP contribution in [0.25, 0.3) is 0 Å². The molecule has 0 heterocycles. The molecule has 1 rings (SSSR count). The Kier molecular flexibility index (Phi) is 10.2. The van der Waals surface area contributed by atoms with Crippen LogP contribution in [0.4, 0.5) is 0 Å². The highest BCUT2D eigenvalue weighted by molar-refractivity contribution is 5.79. The topological polar surface area (TPSA) is 64.1 Å². The van der Waals surface area contributed by atoms with Crippen LogP contribution in [0, 0.1) is 5.41 Å². The molecule has 0 spiro atoms. The lowest BCUT2D eigenvalue weighted by atomic mass is 10.0. The zero-order valence-corrected chi connectivity index (χ0v) is 14.5. The molecule has 0 aromatic carbocycles. The predicted molar refractivity (Wildman–Crippen MR) is 89.5 cm³/mol. The van der Waals surface area contributed by atoms with Gasteiger partial charge in [-0.1, -0.05) is 0 Å². The zero-order valence-electron chi connectivity index (χ0n) is 14.5. The van der Waals surface area contributed by atoms with Gasteiger partial charge in [0.1, 0.15) is 0 Å². The summed E-state index contributed by atoms with van der Waals surface area (Å²) in [5.41, 5.74) is 0.427. The Bertz CT molecular complexity index is 307. The van der Waals surface area contributed by atoms with E-state index in [0.29, 0.717) is 18.6 Å². The van der Waals surface area contributed by atoms with Crippen molar-refractivity contribution < 1.29 is 14.2 Å². The second-order valence-electron chi connectivity index (χ2n) is 5.76. The number of nitrogens with zero attached hydrogens (tertiary/aromatic N) is 1. The fourth-order valence-corrected chi connectivity index (χ4v) is 2.24. The summed E-state index contributed by atoms with van der Waals surface area (Å²) in [6.45, 7) is 7.60. The molecule has 22 heavy (non-hydrogen) atoms. The Labute approximate surface area is 135 Å². The number of hydrogen-bond acceptors (Lipinski definition) is 4. The van der Waals surface area contributed by atoms with E-state index in [1.54, 1.807) is 7.11 Å². The second-order valence-corrected chi connectivity index (χ2v) is 5.76. The van der Waals surface area contributed by atoms with Crippen LogP contribution in [0.15, 0.2) is 4.99 Å². The molecular formula is C16H33N3O3. The number of rotatable bonds is 13. The van der Waals surface area contributed by atoms with Gasteiger partial charge in [-0.05, 0) is 38.0 Å². The standard InChI is InChI=1S/C16H33N3O3/c1-4-21-11-8-16(6-7-16)14-19-15(17-2)18-9-5-10-22-13-12-20-3/h4-14H2,1-3H3,(H2,17,18,19). The van der Waals surface area contributed by atoms with E-state index in [1.807, 2.05) is 14.0 Å². The number of methoxy groups -OCH3 is 1. The SMILES string of the molecule is CCOCCC1(CNC(=NC)NCCCOCCOC)CC1. The molecule has 130 valence electrons. The number of aliphatic imine (C=N–C) groups is 1. The maximum absolute atomic E-state index is 5.47. The van der Waals surface area contributed by atoms with Crippen LogP contribution in [0.1, 0.15) is 32.6 Å². The first-order valence-corrected chi connectivity index (χ1v) is 8.35. The molecule has 6 heteroatoms. The van der Waals surface area contributed by atoms with Gasteiger partial charge in [0.25, 0.3) is 0 Å². The van der Waals surface area contributed by atoms with Gasteiger partial charge in [-0.25, -0.2) is 0 Å². The minimum Gasteiger partial charge on any atom is -0.382 e. The minimum atomic E-state index is 0.427. The summed E-state index contributed by atoms with van der Waals surface area (Å²) >= 11 is 0. The van der Waals surface area contributed by atoms with Crippen molar-refractivity contribution >= 4 is 5.96 Å². The Morgan fingerprint density at radius 2 is 1.91 bits per heavy atom. The molecule has 0 aromatic rings. The fourth-order valence-electron chi connectivity index (χ4n) is 2.24. The fraction of sp³-hybridized carbons (Fsp3) is 0.938. The highest BCUT2D eigenvalue weighted by Gasteiger charge is 2.41. The van der Waals surface area contributed by atoms with E-state index in [-0.39, 0.29) is 0 Å². The third-order valence-electron chi connectivity index (χ3n) is 3.98. The van der Waals surface area contributed by atoms with Crippen LogP contribution in [0.2, 0.25) is 0 Å². The van der Waals surface area contributed by atoms with Crippen molar-refractivity contribution in [2.24, 2.45) is 10.4 Å². The Balaban J connectivity index is 2.05. The van der Waals surface area contributed by atoms with E-state index < -0.39 is 0 Å². The van der Waals surface area contributed by atoms with E-state index in [0.717, 1.165) is 51.7 Å². The molecule has 0 aromatic heterocycles. The lowest BCUT2D eigenvalue weighted by molar-refractivity contribution is 0.0698. The van der Waals surface area contributed by atoms with Crippen LogP contribution in [-0.4, -0.2) is 66.2 Å². The third-order valence-corrected chi connectivity index (χ3v) is 3.98. The molecule has 0 saturated heterocycles. The highest BCUT2D eigenvalue weighted by atomic mass is 16.5. The monoisotopic (exact) mass is 315 g/mol. The smallest absolute Gasteiger partial charge is 0.190 e. The molecule has 0 radical (unpaired) electrons. The maximum atomic E-state index is 5.47. The minimum absolute atomic E-state index is 0.427. The van der Waals surface area contributed by atoms with Gasteiger partial charge in [0, 0.05) is 47.1 Å². The zero-order chi connectivity index (χ0) is 16.1. The first kappa shape index (κ1) is 19.2. The molecule has 6 nitrogen and oxygen atoms in total. The summed E-state index contributed by atoms with van der Waals surface area (Å²) < 4.78 is 15.8. The molecule has 2 N–H and O–H groups in total. The summed E-state index contributed by atoms with van der Waals surface area (Å²) in [6.07, 6.45) is 4.67. The molecule has 0 atom stereocenters. The van der Waals surface area contributed by atoms with Crippen LogP contribution < -0.4 is 10.6 Å². The van der Waals surface area contributed by atoms with Crippen molar-refractivity contribution in [2.45, 2.75) is 32.6 Å². The third kappa shape index (κ3) is 8.56. The number of nitrogens with one attached hydrogen (secondary N) is 2. The van der Waals surface area contributed by atoms with E-state index in [1.165, 1.54) is 12.8 Å². The largest absolute Gasteiger partial charge is 0.382 e. The normalized spacial score (nSPS) is 16.6. The number of ether oxygens (including phenoxy) is 3. The maximum Gasteiger partial charge on any atom is 0.190 e. The summed E-state index contributed by atoms with van der Waals surface area (Å²) in [6, 6.07) is 0. The molecule has 1 saturated carbocycles. The first-order valence-electron chi connectivity index (χ1n) is 8.35. The predicted octanol–water partition coefficient (Wildman–Crippen LogP) is 1.41. The van der Waals surface area contributed by atoms with Gasteiger partial charge < -0.3 is 24.8 Å². The molecule has 0 aliphatic heterocycles. The number of guanidine groups is 1. The molecule has 1 aliphatic rings. The first-order chi connectivity index (χ1) is 10.8. The van der Waals surface area contributed by atoms with E-state index in [4.69, 9.17) is 14.2 Å². The Morgan fingerprint density at radius 1 is 1.09 bits per heavy atom. The lowest BCUT2D eigenvalue weighted by Gasteiger charge is -2.18. The van der Waals surface area contributed by atoms with Crippen molar-refractivity contribution in [1.82, 2.24) is 10.6 Å². The van der Waals surface area contributed by atoms with Crippen LogP contribution in [0.5, 0.6) is 0 Å². The molecule has 1 fully saturated rings. The van der Waals surface area contributed by atoms with E-state index >= 15 is 0 Å². The summed E-state index contributed by atoms with van der Waals surface area (Å²) in [5, 5.41) is 6.76. The second kappa shape index (κ2) is 11.7. The summed E-state index contributed by atoms with van der Waals surface area (Å²) in [5.74, 6) is 0.875. The molecular weight excluding hydrogens is 282 g/mol. The molecule has 0 bridgehead atoms. The van der Waals surface area contributed by atoms with Crippen molar-refractivity contribution in [2.75, 3.05) is 60.3 Å². The van der Waals surface area contributed by atoms with Gasteiger partial charge in [0.05, 0.1) is 13.2 Å². The highest BCUT2D eigenvalue weighted by Crippen LogP contribution is 2.48. The van der Waals surface area contributed by atoms with Crippen LogP contribution in [0.3, 0.4) is 0 Å². The van der Waals surface area contributed by atoms with Gasteiger partial charge in [-0.3, -0.25) is 4.99 Å². The lowest BCUT2D eigenvalue weighted by Crippen LogP contribution is -2.41. The van der Waals surface area contributed by atoms with Gasteiger partial charge in [0.2, 0.25) is 0 Å². The van der Waals surface area contributed by atoms with Crippen molar-refractivity contribution in [1.29, 1.82) is 0 Å². The summed E-state index contributed by atoms with van der Waals surface area (Å²) in [4.78, 5) is 4.26. The average Bonchev–Trinajstić information content (AvgIpc) is 3.30. The van der Waals surface area contributed by atoms with Crippen molar-refractivity contribution in [3.63, 3.8) is 0 Å². The van der Waals surface area contributed by atoms with Gasteiger partial charge in [-0.15, -0.1) is 0 Å². The Hall–Kier alpha value is -0.850. The summed E-state index contributed by atoms with van der Waals surface area (Å²) in [7, 11) is 3.49. The average molecular weight is 315 g/mol. The number of hydrogen-bond donors (Lipinski definition) is 2. The van der Waals surface area contributed by atoms with Gasteiger partial charge in [0.15, 0.2) is 5.96 Å². The van der Waals surface area contributed by atoms with Crippen LogP contribution >= 0.6 is 0 Å². The molecule has 0 unspecified atom stereocenters. The Morgan fingerprint density at radius 3 is 2.55 bits per heavy atom. The molecule has 1 aliphatic carbocycles.